The molecule has 1 aliphatic rings. The molecule has 1 saturated carbocycles. The second kappa shape index (κ2) is 5.32. The zero-order valence-electron chi connectivity index (χ0n) is 11.8. The van der Waals surface area contributed by atoms with E-state index in [0.29, 0.717) is 18.1 Å². The summed E-state index contributed by atoms with van der Waals surface area (Å²) in [6.07, 6.45) is 8.13. The van der Waals surface area contributed by atoms with Gasteiger partial charge in [-0.2, -0.15) is 4.98 Å². The van der Waals surface area contributed by atoms with Crippen LogP contribution in [-0.4, -0.2) is 20.7 Å². The van der Waals surface area contributed by atoms with Crippen molar-refractivity contribution in [1.82, 2.24) is 15.1 Å². The number of aromatic nitrogens is 3. The van der Waals surface area contributed by atoms with Gasteiger partial charge in [-0.25, -0.2) is 0 Å². The van der Waals surface area contributed by atoms with E-state index in [4.69, 9.17) is 10.3 Å². The first-order chi connectivity index (χ1) is 9.66. The molecule has 2 aromatic heterocycles. The van der Waals surface area contributed by atoms with Crippen LogP contribution in [-0.2, 0) is 6.42 Å². The number of pyridine rings is 1. The number of hydrogen-bond acceptors (Lipinski definition) is 5. The van der Waals surface area contributed by atoms with E-state index in [1.54, 1.807) is 6.20 Å². The Morgan fingerprint density at radius 3 is 2.85 bits per heavy atom. The Morgan fingerprint density at radius 2 is 2.10 bits per heavy atom. The Hall–Kier alpha value is -1.75. The fourth-order valence-electron chi connectivity index (χ4n) is 2.88. The fraction of sp³-hybridized carbons (Fsp3) is 0.533. The Bertz CT molecular complexity index is 587. The van der Waals surface area contributed by atoms with Gasteiger partial charge in [0.15, 0.2) is 0 Å². The van der Waals surface area contributed by atoms with Gasteiger partial charge in [-0.3, -0.25) is 4.98 Å². The molecule has 1 aliphatic carbocycles. The minimum absolute atomic E-state index is 0.179. The van der Waals surface area contributed by atoms with Crippen molar-refractivity contribution in [3.63, 3.8) is 0 Å². The summed E-state index contributed by atoms with van der Waals surface area (Å²) in [4.78, 5) is 8.77. The van der Waals surface area contributed by atoms with Crippen molar-refractivity contribution in [2.45, 2.75) is 51.0 Å². The average Bonchev–Trinajstić information content (AvgIpc) is 2.87. The molecule has 5 nitrogen and oxygen atoms in total. The topological polar surface area (TPSA) is 77.8 Å². The largest absolute Gasteiger partial charge is 0.339 e. The predicted octanol–water partition coefficient (Wildman–Crippen LogP) is 2.64. The molecule has 0 bridgehead atoms. The van der Waals surface area contributed by atoms with Crippen molar-refractivity contribution in [3.05, 3.63) is 29.8 Å². The summed E-state index contributed by atoms with van der Waals surface area (Å²) in [5, 5.41) is 4.04. The first-order valence-electron chi connectivity index (χ1n) is 7.20. The summed E-state index contributed by atoms with van der Waals surface area (Å²) < 4.78 is 5.36. The van der Waals surface area contributed by atoms with Crippen molar-refractivity contribution < 1.29 is 4.52 Å². The lowest BCUT2D eigenvalue weighted by Crippen LogP contribution is -2.43. The van der Waals surface area contributed by atoms with Crippen molar-refractivity contribution in [1.29, 1.82) is 0 Å². The van der Waals surface area contributed by atoms with Gasteiger partial charge in [-0.15, -0.1) is 0 Å². The normalized spacial score (nSPS) is 18.1. The maximum Gasteiger partial charge on any atom is 0.228 e. The van der Waals surface area contributed by atoms with Crippen molar-refractivity contribution in [2.75, 3.05) is 0 Å². The third-order valence-corrected chi connectivity index (χ3v) is 4.04. The van der Waals surface area contributed by atoms with E-state index < -0.39 is 0 Å². The van der Waals surface area contributed by atoms with Gasteiger partial charge in [0.25, 0.3) is 0 Å². The molecular formula is C15H20N4O. The van der Waals surface area contributed by atoms with Gasteiger partial charge in [0.2, 0.25) is 11.7 Å². The zero-order valence-corrected chi connectivity index (χ0v) is 11.8. The number of hydrogen-bond donors (Lipinski definition) is 1. The Labute approximate surface area is 118 Å². The minimum atomic E-state index is -0.179. The number of nitrogens with two attached hydrogens (primary N) is 1. The van der Waals surface area contributed by atoms with Gasteiger partial charge < -0.3 is 10.3 Å². The molecule has 106 valence electrons. The van der Waals surface area contributed by atoms with E-state index >= 15 is 0 Å². The standard InChI is InChI=1S/C15H20N4O/c1-11-6-5-9-17-13(11)14-18-12(20-19-14)10-15(16)7-3-2-4-8-15/h5-6,9H,2-4,7-8,10,16H2,1H3. The average molecular weight is 272 g/mol. The summed E-state index contributed by atoms with van der Waals surface area (Å²) in [5.74, 6) is 1.17. The van der Waals surface area contributed by atoms with Crippen LogP contribution in [0.2, 0.25) is 0 Å². The highest BCUT2D eigenvalue weighted by Crippen LogP contribution is 2.29. The maximum atomic E-state index is 6.43. The molecule has 20 heavy (non-hydrogen) atoms. The van der Waals surface area contributed by atoms with Crippen LogP contribution in [0.15, 0.2) is 22.9 Å². The van der Waals surface area contributed by atoms with E-state index in [1.165, 1.54) is 19.3 Å². The van der Waals surface area contributed by atoms with E-state index in [1.807, 2.05) is 19.1 Å². The van der Waals surface area contributed by atoms with Gasteiger partial charge in [-0.05, 0) is 31.4 Å². The van der Waals surface area contributed by atoms with Crippen LogP contribution in [0, 0.1) is 6.92 Å². The molecule has 3 rings (SSSR count). The van der Waals surface area contributed by atoms with Gasteiger partial charge >= 0.3 is 0 Å². The highest BCUT2D eigenvalue weighted by molar-refractivity contribution is 5.53. The Balaban J connectivity index is 1.79. The second-order valence-corrected chi connectivity index (χ2v) is 5.78. The van der Waals surface area contributed by atoms with Gasteiger partial charge in [0.1, 0.15) is 5.69 Å². The molecule has 0 atom stereocenters. The van der Waals surface area contributed by atoms with E-state index in [9.17, 15) is 0 Å². The summed E-state index contributed by atoms with van der Waals surface area (Å²) in [7, 11) is 0. The van der Waals surface area contributed by atoms with Crippen LogP contribution < -0.4 is 5.73 Å². The first-order valence-corrected chi connectivity index (χ1v) is 7.20. The summed E-state index contributed by atoms with van der Waals surface area (Å²) >= 11 is 0. The fourth-order valence-corrected chi connectivity index (χ4v) is 2.88. The lowest BCUT2D eigenvalue weighted by Gasteiger charge is -2.31. The molecule has 5 heteroatoms. The Kier molecular flexibility index (Phi) is 3.53. The van der Waals surface area contributed by atoms with Gasteiger partial charge in [-0.1, -0.05) is 30.5 Å². The highest BCUT2D eigenvalue weighted by atomic mass is 16.5. The van der Waals surface area contributed by atoms with Crippen LogP contribution in [0.3, 0.4) is 0 Å². The molecule has 0 amide bonds. The van der Waals surface area contributed by atoms with Crippen LogP contribution in [0.5, 0.6) is 0 Å². The molecule has 1 fully saturated rings. The Morgan fingerprint density at radius 1 is 1.30 bits per heavy atom. The highest BCUT2D eigenvalue weighted by Gasteiger charge is 2.30. The third kappa shape index (κ3) is 2.72. The number of nitrogens with zero attached hydrogens (tertiary/aromatic N) is 3. The summed E-state index contributed by atoms with van der Waals surface area (Å²) in [6, 6.07) is 3.89. The van der Waals surface area contributed by atoms with Gasteiger partial charge in [0, 0.05) is 18.2 Å². The predicted molar refractivity (Wildman–Crippen MR) is 76.0 cm³/mol. The van der Waals surface area contributed by atoms with Crippen molar-refractivity contribution in [2.24, 2.45) is 5.73 Å². The van der Waals surface area contributed by atoms with Crippen molar-refractivity contribution >= 4 is 0 Å². The zero-order chi connectivity index (χ0) is 14.0. The molecule has 2 aromatic rings. The third-order valence-electron chi connectivity index (χ3n) is 4.04. The molecule has 0 saturated heterocycles. The van der Waals surface area contributed by atoms with Crippen LogP contribution in [0.25, 0.3) is 11.5 Å². The smallest absolute Gasteiger partial charge is 0.228 e. The van der Waals surface area contributed by atoms with E-state index in [-0.39, 0.29) is 5.54 Å². The quantitative estimate of drug-likeness (QED) is 0.929. The molecule has 0 spiro atoms. The molecule has 0 aliphatic heterocycles. The maximum absolute atomic E-state index is 6.43. The first kappa shape index (κ1) is 13.2. The molecule has 2 N–H and O–H groups in total. The molecular weight excluding hydrogens is 252 g/mol. The molecule has 0 aromatic carbocycles. The monoisotopic (exact) mass is 272 g/mol. The van der Waals surface area contributed by atoms with Crippen molar-refractivity contribution in [3.8, 4) is 11.5 Å². The SMILES string of the molecule is Cc1cccnc1-c1noc(CC2(N)CCCCC2)n1. The van der Waals surface area contributed by atoms with Crippen LogP contribution in [0.1, 0.15) is 43.6 Å². The minimum Gasteiger partial charge on any atom is -0.339 e. The second-order valence-electron chi connectivity index (χ2n) is 5.78. The van der Waals surface area contributed by atoms with E-state index in [2.05, 4.69) is 15.1 Å². The molecule has 0 unspecified atom stereocenters. The molecule has 2 heterocycles. The van der Waals surface area contributed by atoms with Crippen LogP contribution >= 0.6 is 0 Å². The molecule has 0 radical (unpaired) electrons. The number of rotatable bonds is 3. The summed E-state index contributed by atoms with van der Waals surface area (Å²) in [5.41, 5.74) is 8.06. The number of aryl methyl sites for hydroxylation is 1. The van der Waals surface area contributed by atoms with Gasteiger partial charge in [0.05, 0.1) is 0 Å². The van der Waals surface area contributed by atoms with E-state index in [0.717, 1.165) is 24.1 Å². The lowest BCUT2D eigenvalue weighted by atomic mass is 9.80. The lowest BCUT2D eigenvalue weighted by molar-refractivity contribution is 0.261. The summed E-state index contributed by atoms with van der Waals surface area (Å²) in [6.45, 7) is 1.99. The van der Waals surface area contributed by atoms with Crippen LogP contribution in [0.4, 0.5) is 0 Å².